The fraction of sp³-hybridized carbons (Fsp3) is 0.647. The number of anilines is 1. The van der Waals surface area contributed by atoms with Crippen molar-refractivity contribution in [3.63, 3.8) is 0 Å². The fourth-order valence-corrected chi connectivity index (χ4v) is 3.83. The van der Waals surface area contributed by atoms with Crippen LogP contribution in [0.2, 0.25) is 0 Å². The van der Waals surface area contributed by atoms with Crippen molar-refractivity contribution in [1.82, 2.24) is 9.80 Å². The second-order valence-corrected chi connectivity index (χ2v) is 6.46. The summed E-state index contributed by atoms with van der Waals surface area (Å²) < 4.78 is 5.81. The Bertz CT molecular complexity index is 465. The molecule has 2 heterocycles. The second kappa shape index (κ2) is 6.67. The number of hydrogen-bond donors (Lipinski definition) is 1. The van der Waals surface area contributed by atoms with E-state index in [4.69, 9.17) is 10.5 Å². The van der Waals surface area contributed by atoms with Crippen molar-refractivity contribution in [1.29, 1.82) is 0 Å². The number of fused-ring (bicyclic) bond motifs is 1. The molecule has 0 aromatic heterocycles. The van der Waals surface area contributed by atoms with Crippen LogP contribution in [-0.4, -0.2) is 55.7 Å². The summed E-state index contributed by atoms with van der Waals surface area (Å²) in [6.45, 7) is 5.47. The van der Waals surface area contributed by atoms with Crippen LogP contribution in [0.3, 0.4) is 0 Å². The van der Waals surface area contributed by atoms with Gasteiger partial charge in [0.1, 0.15) is 12.4 Å². The predicted octanol–water partition coefficient (Wildman–Crippen LogP) is 2.06. The average Bonchev–Trinajstić information content (AvgIpc) is 2.47. The van der Waals surface area contributed by atoms with Gasteiger partial charge in [0.15, 0.2) is 0 Å². The van der Waals surface area contributed by atoms with Crippen molar-refractivity contribution in [3.8, 4) is 5.75 Å². The van der Waals surface area contributed by atoms with Gasteiger partial charge in [-0.05, 0) is 57.5 Å². The molecule has 2 atom stereocenters. The molecule has 1 aromatic rings. The van der Waals surface area contributed by atoms with Crippen LogP contribution in [0, 0.1) is 5.92 Å². The molecule has 2 saturated heterocycles. The van der Waals surface area contributed by atoms with Crippen molar-refractivity contribution < 1.29 is 4.74 Å². The van der Waals surface area contributed by atoms with E-state index in [0.29, 0.717) is 0 Å². The normalized spacial score (nSPS) is 27.3. The van der Waals surface area contributed by atoms with Crippen LogP contribution in [0.15, 0.2) is 24.3 Å². The monoisotopic (exact) mass is 289 g/mol. The zero-order chi connectivity index (χ0) is 14.7. The van der Waals surface area contributed by atoms with E-state index in [1.54, 1.807) is 0 Å². The first-order chi connectivity index (χ1) is 10.2. The molecule has 2 N–H and O–H groups in total. The molecular weight excluding hydrogens is 262 g/mol. The van der Waals surface area contributed by atoms with Gasteiger partial charge in [-0.3, -0.25) is 4.90 Å². The van der Waals surface area contributed by atoms with Crippen LogP contribution in [-0.2, 0) is 0 Å². The highest BCUT2D eigenvalue weighted by molar-refractivity contribution is 5.43. The van der Waals surface area contributed by atoms with Gasteiger partial charge in [0.2, 0.25) is 0 Å². The number of piperidine rings is 2. The van der Waals surface area contributed by atoms with Crippen molar-refractivity contribution in [3.05, 3.63) is 24.3 Å². The first-order valence-electron chi connectivity index (χ1n) is 8.13. The van der Waals surface area contributed by atoms with Crippen molar-refractivity contribution in [2.45, 2.75) is 25.3 Å². The van der Waals surface area contributed by atoms with Gasteiger partial charge in [-0.2, -0.15) is 0 Å². The summed E-state index contributed by atoms with van der Waals surface area (Å²) in [7, 11) is 2.29. The Kier molecular flexibility index (Phi) is 4.66. The zero-order valence-corrected chi connectivity index (χ0v) is 13.0. The highest BCUT2D eigenvalue weighted by atomic mass is 16.5. The summed E-state index contributed by atoms with van der Waals surface area (Å²) in [5, 5.41) is 0. The molecule has 0 amide bonds. The largest absolute Gasteiger partial charge is 0.492 e. The van der Waals surface area contributed by atoms with Gasteiger partial charge in [-0.15, -0.1) is 0 Å². The Labute approximate surface area is 127 Å². The van der Waals surface area contributed by atoms with Crippen LogP contribution in [0.4, 0.5) is 5.69 Å². The number of likely N-dealkylation sites (tertiary alicyclic amines) is 2. The summed E-state index contributed by atoms with van der Waals surface area (Å²) in [6, 6.07) is 8.50. The maximum atomic E-state index is 5.81. The van der Waals surface area contributed by atoms with Crippen LogP contribution in [0.1, 0.15) is 19.3 Å². The first kappa shape index (κ1) is 14.7. The molecule has 3 rings (SSSR count). The summed E-state index contributed by atoms with van der Waals surface area (Å²) in [5.74, 6) is 1.73. The molecule has 4 heteroatoms. The smallest absolute Gasteiger partial charge is 0.121 e. The lowest BCUT2D eigenvalue weighted by Gasteiger charge is -2.46. The summed E-state index contributed by atoms with van der Waals surface area (Å²) in [6.07, 6.45) is 4.05. The molecule has 2 unspecified atom stereocenters. The van der Waals surface area contributed by atoms with E-state index >= 15 is 0 Å². The zero-order valence-electron chi connectivity index (χ0n) is 13.0. The minimum absolute atomic E-state index is 0.747. The number of nitrogens with zero attached hydrogens (tertiary/aromatic N) is 2. The summed E-state index contributed by atoms with van der Waals surface area (Å²) in [5.41, 5.74) is 6.53. The standard InChI is InChI=1S/C17H27N3O/c1-19-8-3-4-14-13-20(9-7-17(14)19)10-11-21-16-6-2-5-15(18)12-16/h2,5-6,12,14,17H,3-4,7-11,13,18H2,1H3. The number of benzene rings is 1. The molecule has 0 radical (unpaired) electrons. The molecule has 4 nitrogen and oxygen atoms in total. The Morgan fingerprint density at radius 2 is 2.19 bits per heavy atom. The molecular formula is C17H27N3O. The Balaban J connectivity index is 1.44. The van der Waals surface area contributed by atoms with Gasteiger partial charge in [0, 0.05) is 30.9 Å². The van der Waals surface area contributed by atoms with Gasteiger partial charge < -0.3 is 15.4 Å². The van der Waals surface area contributed by atoms with Crippen LogP contribution in [0.5, 0.6) is 5.75 Å². The number of ether oxygens (including phenoxy) is 1. The first-order valence-corrected chi connectivity index (χ1v) is 8.13. The van der Waals surface area contributed by atoms with Gasteiger partial charge >= 0.3 is 0 Å². The number of rotatable bonds is 4. The fourth-order valence-electron chi connectivity index (χ4n) is 3.83. The van der Waals surface area contributed by atoms with E-state index in [0.717, 1.165) is 36.5 Å². The SMILES string of the molecule is CN1CCCC2CN(CCOc3cccc(N)c3)CCC21. The van der Waals surface area contributed by atoms with Gasteiger partial charge in [0.25, 0.3) is 0 Å². The highest BCUT2D eigenvalue weighted by Gasteiger charge is 2.33. The Morgan fingerprint density at radius 1 is 1.29 bits per heavy atom. The Hall–Kier alpha value is -1.26. The van der Waals surface area contributed by atoms with Crippen molar-refractivity contribution in [2.24, 2.45) is 5.92 Å². The van der Waals surface area contributed by atoms with E-state index in [1.807, 2.05) is 24.3 Å². The highest BCUT2D eigenvalue weighted by Crippen LogP contribution is 2.29. The van der Waals surface area contributed by atoms with E-state index in [2.05, 4.69) is 16.8 Å². The predicted molar refractivity (Wildman–Crippen MR) is 86.5 cm³/mol. The molecule has 2 fully saturated rings. The lowest BCUT2D eigenvalue weighted by molar-refractivity contribution is 0.0337. The van der Waals surface area contributed by atoms with E-state index < -0.39 is 0 Å². The molecule has 0 aliphatic carbocycles. The number of nitrogen functional groups attached to an aromatic ring is 1. The van der Waals surface area contributed by atoms with Crippen molar-refractivity contribution >= 4 is 5.69 Å². The number of nitrogens with two attached hydrogens (primary N) is 1. The van der Waals surface area contributed by atoms with Crippen molar-refractivity contribution in [2.75, 3.05) is 45.6 Å². The minimum atomic E-state index is 0.747. The molecule has 116 valence electrons. The number of hydrogen-bond acceptors (Lipinski definition) is 4. The van der Waals surface area contributed by atoms with E-state index in [9.17, 15) is 0 Å². The molecule has 0 spiro atoms. The van der Waals surface area contributed by atoms with E-state index in [1.165, 1.54) is 38.9 Å². The van der Waals surface area contributed by atoms with Crippen LogP contribution < -0.4 is 10.5 Å². The molecule has 1 aromatic carbocycles. The molecule has 0 bridgehead atoms. The average molecular weight is 289 g/mol. The van der Waals surface area contributed by atoms with Crippen LogP contribution >= 0.6 is 0 Å². The summed E-state index contributed by atoms with van der Waals surface area (Å²) >= 11 is 0. The van der Waals surface area contributed by atoms with Crippen LogP contribution in [0.25, 0.3) is 0 Å². The molecule has 2 aliphatic rings. The van der Waals surface area contributed by atoms with Gasteiger partial charge in [-0.1, -0.05) is 6.07 Å². The third-order valence-corrected chi connectivity index (χ3v) is 4.96. The summed E-state index contributed by atoms with van der Waals surface area (Å²) in [4.78, 5) is 5.13. The lowest BCUT2D eigenvalue weighted by atomic mass is 9.84. The van der Waals surface area contributed by atoms with Gasteiger partial charge in [0.05, 0.1) is 0 Å². The quantitative estimate of drug-likeness (QED) is 0.862. The third kappa shape index (κ3) is 3.69. The Morgan fingerprint density at radius 3 is 3.05 bits per heavy atom. The van der Waals surface area contributed by atoms with E-state index in [-0.39, 0.29) is 0 Å². The molecule has 2 aliphatic heterocycles. The maximum Gasteiger partial charge on any atom is 0.121 e. The van der Waals surface area contributed by atoms with Gasteiger partial charge in [-0.25, -0.2) is 0 Å². The third-order valence-electron chi connectivity index (χ3n) is 4.96. The molecule has 0 saturated carbocycles. The maximum absolute atomic E-state index is 5.81. The second-order valence-electron chi connectivity index (χ2n) is 6.46. The minimum Gasteiger partial charge on any atom is -0.492 e. The lowest BCUT2D eigenvalue weighted by Crippen LogP contribution is -2.53. The molecule has 21 heavy (non-hydrogen) atoms. The topological polar surface area (TPSA) is 41.7 Å².